The van der Waals surface area contributed by atoms with Crippen LogP contribution in [-0.2, 0) is 19.6 Å². The third-order valence-electron chi connectivity index (χ3n) is 6.58. The summed E-state index contributed by atoms with van der Waals surface area (Å²) in [5, 5.41) is 9.24. The number of carbonyl (C=O) groups excluding carboxylic acids is 2. The molecule has 1 saturated carbocycles. The Bertz CT molecular complexity index is 972. The predicted octanol–water partition coefficient (Wildman–Crippen LogP) is 1.24. The van der Waals surface area contributed by atoms with Crippen LogP contribution in [0, 0.1) is 11.3 Å². The van der Waals surface area contributed by atoms with Gasteiger partial charge < -0.3 is 4.90 Å². The minimum atomic E-state index is -3.71. The van der Waals surface area contributed by atoms with E-state index < -0.39 is 27.9 Å². The standard InChI is InChI=1S/C21H27N3O5S/c1-30(28,29)24-14-21(9-10-21)13-17(19(25)22-27)18(24)20(26)23-11-7-16(8-12-23)15-5-3-2-4-6-15/h2-7,17-18,27H,8-14H2,1H3,(H,22,25). The number of rotatable bonds is 4. The summed E-state index contributed by atoms with van der Waals surface area (Å²) in [5.41, 5.74) is 3.63. The summed E-state index contributed by atoms with van der Waals surface area (Å²) in [4.78, 5) is 27.5. The molecule has 3 aliphatic rings. The minimum Gasteiger partial charge on any atom is -0.337 e. The lowest BCUT2D eigenvalue weighted by Crippen LogP contribution is -2.61. The number of benzene rings is 1. The van der Waals surface area contributed by atoms with Crippen molar-refractivity contribution in [2.75, 3.05) is 25.9 Å². The molecule has 2 aliphatic heterocycles. The Morgan fingerprint density at radius 3 is 2.43 bits per heavy atom. The molecule has 4 rings (SSSR count). The average molecular weight is 434 g/mol. The Morgan fingerprint density at radius 2 is 1.90 bits per heavy atom. The van der Waals surface area contributed by atoms with Gasteiger partial charge in [-0.25, -0.2) is 13.9 Å². The van der Waals surface area contributed by atoms with Gasteiger partial charge in [-0.1, -0.05) is 36.4 Å². The van der Waals surface area contributed by atoms with Gasteiger partial charge in [-0.3, -0.25) is 14.8 Å². The van der Waals surface area contributed by atoms with E-state index in [-0.39, 0.29) is 17.9 Å². The molecule has 0 bridgehead atoms. The molecule has 30 heavy (non-hydrogen) atoms. The van der Waals surface area contributed by atoms with Crippen molar-refractivity contribution in [3.63, 3.8) is 0 Å². The second-order valence-corrected chi connectivity index (χ2v) is 10.6. The van der Waals surface area contributed by atoms with Gasteiger partial charge in [0.05, 0.1) is 12.2 Å². The fourth-order valence-corrected chi connectivity index (χ4v) is 5.88. The molecule has 2 heterocycles. The lowest BCUT2D eigenvalue weighted by atomic mass is 9.81. The Kier molecular flexibility index (Phi) is 5.46. The molecule has 2 unspecified atom stereocenters. The first-order valence-electron chi connectivity index (χ1n) is 10.2. The topological polar surface area (TPSA) is 107 Å². The quantitative estimate of drug-likeness (QED) is 0.549. The van der Waals surface area contributed by atoms with Crippen molar-refractivity contribution >= 4 is 27.4 Å². The van der Waals surface area contributed by atoms with E-state index in [9.17, 15) is 23.2 Å². The first kappa shape index (κ1) is 21.0. The zero-order valence-electron chi connectivity index (χ0n) is 17.0. The summed E-state index contributed by atoms with van der Waals surface area (Å²) in [6.45, 7) is 1.05. The minimum absolute atomic E-state index is 0.246. The van der Waals surface area contributed by atoms with Crippen LogP contribution in [0.5, 0.6) is 0 Å². The van der Waals surface area contributed by atoms with Crippen LogP contribution in [0.4, 0.5) is 0 Å². The number of sulfonamides is 1. The highest BCUT2D eigenvalue weighted by atomic mass is 32.2. The molecule has 2 amide bonds. The molecule has 2 atom stereocenters. The monoisotopic (exact) mass is 433 g/mol. The molecule has 1 spiro atoms. The summed E-state index contributed by atoms with van der Waals surface area (Å²) in [6, 6.07) is 8.78. The Labute approximate surface area is 176 Å². The highest BCUT2D eigenvalue weighted by Crippen LogP contribution is 2.55. The smallest absolute Gasteiger partial charge is 0.248 e. The van der Waals surface area contributed by atoms with Crippen LogP contribution in [0.2, 0.25) is 0 Å². The summed E-state index contributed by atoms with van der Waals surface area (Å²) >= 11 is 0. The van der Waals surface area contributed by atoms with Gasteiger partial charge in [0.15, 0.2) is 0 Å². The number of piperidine rings is 1. The molecule has 162 valence electrons. The van der Waals surface area contributed by atoms with Crippen LogP contribution in [0.3, 0.4) is 0 Å². The Morgan fingerprint density at radius 1 is 1.20 bits per heavy atom. The molecule has 1 saturated heterocycles. The normalized spacial score (nSPS) is 26.2. The van der Waals surface area contributed by atoms with E-state index >= 15 is 0 Å². The SMILES string of the molecule is CS(=O)(=O)N1CC2(CC2)CC(C(=O)NO)C1C(=O)N1CC=C(c2ccccc2)CC1. The molecule has 9 heteroatoms. The number of hydrogen-bond acceptors (Lipinski definition) is 5. The van der Waals surface area contributed by atoms with E-state index in [4.69, 9.17) is 0 Å². The van der Waals surface area contributed by atoms with Crippen LogP contribution in [0.1, 0.15) is 31.2 Å². The Balaban J connectivity index is 1.60. The number of nitrogens with one attached hydrogen (secondary N) is 1. The first-order valence-corrected chi connectivity index (χ1v) is 12.0. The van der Waals surface area contributed by atoms with E-state index in [1.807, 2.05) is 36.4 Å². The van der Waals surface area contributed by atoms with Crippen LogP contribution in [-0.4, -0.2) is 66.6 Å². The van der Waals surface area contributed by atoms with Crippen LogP contribution in [0.25, 0.3) is 5.57 Å². The maximum Gasteiger partial charge on any atom is 0.248 e. The third kappa shape index (κ3) is 4.01. The van der Waals surface area contributed by atoms with Gasteiger partial charge in [-0.15, -0.1) is 0 Å². The molecule has 0 aromatic heterocycles. The lowest BCUT2D eigenvalue weighted by Gasteiger charge is -2.44. The van der Waals surface area contributed by atoms with Crippen LogP contribution >= 0.6 is 0 Å². The van der Waals surface area contributed by atoms with E-state index in [0.29, 0.717) is 25.9 Å². The molecule has 0 radical (unpaired) electrons. The molecule has 1 aromatic carbocycles. The van der Waals surface area contributed by atoms with Gasteiger partial charge in [-0.2, -0.15) is 4.31 Å². The van der Waals surface area contributed by atoms with Gasteiger partial charge in [-0.05, 0) is 42.2 Å². The van der Waals surface area contributed by atoms with E-state index in [1.165, 1.54) is 4.31 Å². The van der Waals surface area contributed by atoms with E-state index in [2.05, 4.69) is 0 Å². The number of carbonyl (C=O) groups is 2. The van der Waals surface area contributed by atoms with Gasteiger partial charge in [0, 0.05) is 19.6 Å². The van der Waals surface area contributed by atoms with Gasteiger partial charge in [0.25, 0.3) is 0 Å². The van der Waals surface area contributed by atoms with Crippen molar-refractivity contribution in [2.45, 2.75) is 31.7 Å². The summed E-state index contributed by atoms with van der Waals surface area (Å²) in [7, 11) is -3.71. The molecule has 8 nitrogen and oxygen atoms in total. The molecular formula is C21H27N3O5S. The number of nitrogens with zero attached hydrogens (tertiary/aromatic N) is 2. The summed E-state index contributed by atoms with van der Waals surface area (Å²) < 4.78 is 26.3. The third-order valence-corrected chi connectivity index (χ3v) is 7.79. The van der Waals surface area contributed by atoms with Crippen molar-refractivity contribution in [3.8, 4) is 0 Å². The second kappa shape index (κ2) is 7.79. The van der Waals surface area contributed by atoms with Crippen LogP contribution in [0.15, 0.2) is 36.4 Å². The van der Waals surface area contributed by atoms with Gasteiger partial charge >= 0.3 is 0 Å². The maximum absolute atomic E-state index is 13.4. The number of amides is 2. The molecule has 1 aromatic rings. The zero-order chi connectivity index (χ0) is 21.5. The van der Waals surface area contributed by atoms with Gasteiger partial charge in [0.2, 0.25) is 21.8 Å². The van der Waals surface area contributed by atoms with Crippen molar-refractivity contribution < 1.29 is 23.2 Å². The van der Waals surface area contributed by atoms with Crippen LogP contribution < -0.4 is 5.48 Å². The van der Waals surface area contributed by atoms with Crippen molar-refractivity contribution in [3.05, 3.63) is 42.0 Å². The number of hydroxylamine groups is 1. The number of hydrogen-bond donors (Lipinski definition) is 2. The fourth-order valence-electron chi connectivity index (χ4n) is 4.72. The van der Waals surface area contributed by atoms with Crippen molar-refractivity contribution in [2.24, 2.45) is 11.3 Å². The lowest BCUT2D eigenvalue weighted by molar-refractivity contribution is -0.148. The zero-order valence-corrected chi connectivity index (χ0v) is 17.8. The summed E-state index contributed by atoms with van der Waals surface area (Å²) in [6.07, 6.45) is 5.76. The summed E-state index contributed by atoms with van der Waals surface area (Å²) in [5.74, 6) is -1.99. The fraction of sp³-hybridized carbons (Fsp3) is 0.524. The van der Waals surface area contributed by atoms with E-state index in [1.54, 1.807) is 10.4 Å². The molecule has 1 aliphatic carbocycles. The maximum atomic E-state index is 13.4. The first-order chi connectivity index (χ1) is 14.2. The van der Waals surface area contributed by atoms with Crippen molar-refractivity contribution in [1.82, 2.24) is 14.7 Å². The largest absolute Gasteiger partial charge is 0.337 e. The van der Waals surface area contributed by atoms with Gasteiger partial charge in [0.1, 0.15) is 6.04 Å². The molecular weight excluding hydrogens is 406 g/mol. The predicted molar refractivity (Wildman–Crippen MR) is 111 cm³/mol. The van der Waals surface area contributed by atoms with Crippen molar-refractivity contribution in [1.29, 1.82) is 0 Å². The van der Waals surface area contributed by atoms with E-state index in [0.717, 1.165) is 30.2 Å². The Hall–Kier alpha value is -2.23. The molecule has 2 fully saturated rings. The highest BCUT2D eigenvalue weighted by molar-refractivity contribution is 7.88. The molecule has 2 N–H and O–H groups in total. The highest BCUT2D eigenvalue weighted by Gasteiger charge is 2.58. The second-order valence-electron chi connectivity index (χ2n) is 8.67. The average Bonchev–Trinajstić information content (AvgIpc) is 3.50.